The lowest BCUT2D eigenvalue weighted by Crippen LogP contribution is -2.46. The highest BCUT2D eigenvalue weighted by molar-refractivity contribution is 6.30. The Bertz CT molecular complexity index is 691. The van der Waals surface area contributed by atoms with Crippen LogP contribution in [0.3, 0.4) is 0 Å². The van der Waals surface area contributed by atoms with Gasteiger partial charge in [-0.05, 0) is 31.5 Å². The SMILES string of the molecule is CCNC(=O)NC(=O)CN1C(=O)NC(C)(c2ccc(Cl)cc2)C1=O. The average molecular weight is 353 g/mol. The molecule has 1 aliphatic rings. The van der Waals surface area contributed by atoms with Gasteiger partial charge in [-0.15, -0.1) is 0 Å². The highest BCUT2D eigenvalue weighted by Crippen LogP contribution is 2.29. The predicted octanol–water partition coefficient (Wildman–Crippen LogP) is 0.953. The lowest BCUT2D eigenvalue weighted by atomic mass is 9.92. The second-order valence-electron chi connectivity index (χ2n) is 5.36. The van der Waals surface area contributed by atoms with Crippen molar-refractivity contribution in [3.8, 4) is 0 Å². The van der Waals surface area contributed by atoms with Crippen molar-refractivity contribution >= 4 is 35.5 Å². The minimum absolute atomic E-state index is 0.344. The van der Waals surface area contributed by atoms with Gasteiger partial charge in [0.2, 0.25) is 5.91 Å². The number of hydrogen-bond donors (Lipinski definition) is 3. The van der Waals surface area contributed by atoms with Gasteiger partial charge in [0.05, 0.1) is 0 Å². The molecule has 1 aromatic rings. The molecular weight excluding hydrogens is 336 g/mol. The van der Waals surface area contributed by atoms with E-state index in [-0.39, 0.29) is 0 Å². The molecule has 3 N–H and O–H groups in total. The van der Waals surface area contributed by atoms with Crippen LogP contribution in [0, 0.1) is 0 Å². The zero-order valence-corrected chi connectivity index (χ0v) is 13.9. The smallest absolute Gasteiger partial charge is 0.325 e. The maximum absolute atomic E-state index is 12.6. The third-order valence-corrected chi connectivity index (χ3v) is 3.84. The molecule has 0 aromatic heterocycles. The fourth-order valence-electron chi connectivity index (χ4n) is 2.33. The molecule has 0 spiro atoms. The van der Waals surface area contributed by atoms with Crippen LogP contribution in [0.15, 0.2) is 24.3 Å². The van der Waals surface area contributed by atoms with Crippen LogP contribution in [0.25, 0.3) is 0 Å². The Morgan fingerprint density at radius 3 is 2.46 bits per heavy atom. The Labute approximate surface area is 143 Å². The van der Waals surface area contributed by atoms with Crippen molar-refractivity contribution in [1.82, 2.24) is 20.9 Å². The summed E-state index contributed by atoms with van der Waals surface area (Å²) in [5.41, 5.74) is -0.759. The number of rotatable bonds is 4. The van der Waals surface area contributed by atoms with Crippen molar-refractivity contribution in [1.29, 1.82) is 0 Å². The van der Waals surface area contributed by atoms with E-state index in [1.165, 1.54) is 6.92 Å². The van der Waals surface area contributed by atoms with E-state index >= 15 is 0 Å². The Balaban J connectivity index is 2.12. The maximum atomic E-state index is 12.6. The van der Waals surface area contributed by atoms with Gasteiger partial charge in [0.1, 0.15) is 12.1 Å². The van der Waals surface area contributed by atoms with Crippen LogP contribution in [0.4, 0.5) is 9.59 Å². The first-order valence-electron chi connectivity index (χ1n) is 7.25. The summed E-state index contributed by atoms with van der Waals surface area (Å²) < 4.78 is 0. The van der Waals surface area contributed by atoms with Crippen molar-refractivity contribution in [3.63, 3.8) is 0 Å². The molecule has 1 saturated heterocycles. The molecule has 2 rings (SSSR count). The number of amides is 6. The van der Waals surface area contributed by atoms with Crippen molar-refractivity contribution in [2.45, 2.75) is 19.4 Å². The topological polar surface area (TPSA) is 108 Å². The lowest BCUT2D eigenvalue weighted by molar-refractivity contribution is -0.134. The highest BCUT2D eigenvalue weighted by atomic mass is 35.5. The van der Waals surface area contributed by atoms with E-state index in [0.29, 0.717) is 17.1 Å². The lowest BCUT2D eigenvalue weighted by Gasteiger charge is -2.22. The minimum Gasteiger partial charge on any atom is -0.338 e. The van der Waals surface area contributed by atoms with Crippen molar-refractivity contribution < 1.29 is 19.2 Å². The van der Waals surface area contributed by atoms with Gasteiger partial charge >= 0.3 is 12.1 Å². The van der Waals surface area contributed by atoms with Gasteiger partial charge in [-0.1, -0.05) is 23.7 Å². The molecule has 1 heterocycles. The number of nitrogens with zero attached hydrogens (tertiary/aromatic N) is 1. The van der Waals surface area contributed by atoms with Crippen LogP contribution < -0.4 is 16.0 Å². The van der Waals surface area contributed by atoms with Crippen LogP contribution in [0.5, 0.6) is 0 Å². The number of urea groups is 2. The largest absolute Gasteiger partial charge is 0.338 e. The van der Waals surface area contributed by atoms with Crippen LogP contribution in [-0.4, -0.2) is 41.9 Å². The van der Waals surface area contributed by atoms with E-state index in [2.05, 4.69) is 10.6 Å². The quantitative estimate of drug-likeness (QED) is 0.701. The summed E-state index contributed by atoms with van der Waals surface area (Å²) in [6.07, 6.45) is 0. The summed E-state index contributed by atoms with van der Waals surface area (Å²) in [6.45, 7) is 3.03. The van der Waals surface area contributed by atoms with Gasteiger partial charge in [-0.3, -0.25) is 19.8 Å². The number of halogens is 1. The van der Waals surface area contributed by atoms with E-state index in [1.54, 1.807) is 31.2 Å². The number of carbonyl (C=O) groups excluding carboxylic acids is 4. The van der Waals surface area contributed by atoms with E-state index < -0.39 is 36.0 Å². The average Bonchev–Trinajstić information content (AvgIpc) is 2.72. The van der Waals surface area contributed by atoms with E-state index in [4.69, 9.17) is 11.6 Å². The molecule has 1 unspecified atom stereocenters. The number of imide groups is 2. The zero-order valence-electron chi connectivity index (χ0n) is 13.2. The van der Waals surface area contributed by atoms with Gasteiger partial charge in [0, 0.05) is 11.6 Å². The minimum atomic E-state index is -1.30. The summed E-state index contributed by atoms with van der Waals surface area (Å²) in [5.74, 6) is -1.34. The number of hydrogen-bond acceptors (Lipinski definition) is 4. The first kappa shape index (κ1) is 17.7. The molecule has 0 bridgehead atoms. The Hall–Kier alpha value is -2.61. The molecule has 6 amide bonds. The molecular formula is C15H17ClN4O4. The first-order chi connectivity index (χ1) is 11.3. The van der Waals surface area contributed by atoms with Gasteiger partial charge in [0.15, 0.2) is 0 Å². The number of carbonyl (C=O) groups is 4. The van der Waals surface area contributed by atoms with Gasteiger partial charge < -0.3 is 10.6 Å². The van der Waals surface area contributed by atoms with Crippen molar-refractivity contribution in [2.24, 2.45) is 0 Å². The van der Waals surface area contributed by atoms with Gasteiger partial charge in [-0.25, -0.2) is 9.59 Å². The van der Waals surface area contributed by atoms with E-state index in [1.807, 2.05) is 5.32 Å². The van der Waals surface area contributed by atoms with Crippen LogP contribution >= 0.6 is 11.6 Å². The molecule has 1 atom stereocenters. The molecule has 1 aromatic carbocycles. The molecule has 0 saturated carbocycles. The third-order valence-electron chi connectivity index (χ3n) is 3.59. The Kier molecular flexibility index (Phi) is 5.08. The zero-order chi connectivity index (χ0) is 17.9. The van der Waals surface area contributed by atoms with Crippen molar-refractivity contribution in [2.75, 3.05) is 13.1 Å². The predicted molar refractivity (Wildman–Crippen MR) is 86.3 cm³/mol. The van der Waals surface area contributed by atoms with E-state index in [9.17, 15) is 19.2 Å². The van der Waals surface area contributed by atoms with Crippen LogP contribution in [0.2, 0.25) is 5.02 Å². The molecule has 8 nitrogen and oxygen atoms in total. The fourth-order valence-corrected chi connectivity index (χ4v) is 2.46. The van der Waals surface area contributed by atoms with Gasteiger partial charge in [0.25, 0.3) is 5.91 Å². The summed E-state index contributed by atoms with van der Waals surface area (Å²) in [6, 6.07) is 5.06. The maximum Gasteiger partial charge on any atom is 0.325 e. The van der Waals surface area contributed by atoms with Crippen LogP contribution in [0.1, 0.15) is 19.4 Å². The molecule has 1 aliphatic heterocycles. The molecule has 128 valence electrons. The van der Waals surface area contributed by atoms with Crippen molar-refractivity contribution in [3.05, 3.63) is 34.9 Å². The monoisotopic (exact) mass is 352 g/mol. The molecule has 0 radical (unpaired) electrons. The molecule has 24 heavy (non-hydrogen) atoms. The Morgan fingerprint density at radius 1 is 1.25 bits per heavy atom. The van der Waals surface area contributed by atoms with E-state index in [0.717, 1.165) is 4.90 Å². The second-order valence-corrected chi connectivity index (χ2v) is 5.80. The standard InChI is InChI=1S/C15H17ClN4O4/c1-3-17-13(23)18-11(21)8-20-12(22)15(2,19-14(20)24)9-4-6-10(16)7-5-9/h4-7H,3,8H2,1-2H3,(H,19,24)(H2,17,18,21,23). The fraction of sp³-hybridized carbons (Fsp3) is 0.333. The number of benzene rings is 1. The normalized spacial score (nSPS) is 19.9. The summed E-state index contributed by atoms with van der Waals surface area (Å²) in [5, 5.41) is 7.49. The first-order valence-corrected chi connectivity index (χ1v) is 7.63. The summed E-state index contributed by atoms with van der Waals surface area (Å²) >= 11 is 5.83. The third kappa shape index (κ3) is 3.48. The second kappa shape index (κ2) is 6.88. The number of nitrogens with one attached hydrogen (secondary N) is 3. The summed E-state index contributed by atoms with van der Waals surface area (Å²) in [7, 11) is 0. The summed E-state index contributed by atoms with van der Waals surface area (Å²) in [4.78, 5) is 48.6. The molecule has 1 fully saturated rings. The van der Waals surface area contributed by atoms with Gasteiger partial charge in [-0.2, -0.15) is 0 Å². The molecule has 9 heteroatoms. The highest BCUT2D eigenvalue weighted by Gasteiger charge is 2.49. The van der Waals surface area contributed by atoms with Crippen LogP contribution in [-0.2, 0) is 15.1 Å². The Morgan fingerprint density at radius 2 is 1.88 bits per heavy atom. The molecule has 0 aliphatic carbocycles.